The van der Waals surface area contributed by atoms with Crippen LogP contribution < -0.4 is 5.32 Å². The van der Waals surface area contributed by atoms with E-state index in [1.54, 1.807) is 0 Å². The molecule has 0 fully saturated rings. The van der Waals surface area contributed by atoms with Gasteiger partial charge in [-0.1, -0.05) is 13.3 Å². The second-order valence-electron chi connectivity index (χ2n) is 4.97. The van der Waals surface area contributed by atoms with E-state index < -0.39 is 37.6 Å². The van der Waals surface area contributed by atoms with E-state index in [-0.39, 0.29) is 6.61 Å². The van der Waals surface area contributed by atoms with Gasteiger partial charge in [0.1, 0.15) is 0 Å². The Kier molecular flexibility index (Phi) is 9.59. The maximum Gasteiger partial charge on any atom is 0.324 e. The van der Waals surface area contributed by atoms with Crippen LogP contribution in [0, 0.1) is 30.3 Å². The minimum absolute atomic E-state index is 0.244. The third kappa shape index (κ3) is 7.50. The number of nitrogens with zero attached hydrogens (tertiary/aromatic N) is 3. The van der Waals surface area contributed by atoms with Crippen LogP contribution in [0.4, 0.5) is 17.1 Å². The zero-order valence-corrected chi connectivity index (χ0v) is 13.7. The summed E-state index contributed by atoms with van der Waals surface area (Å²) in [5.74, 6) is -1.21. The van der Waals surface area contributed by atoms with Crippen molar-refractivity contribution in [2.24, 2.45) is 0 Å². The molecule has 0 radical (unpaired) electrons. The Morgan fingerprint density at radius 1 is 1.08 bits per heavy atom. The Bertz CT molecular complexity index is 587. The molecule has 1 aromatic rings. The number of benzene rings is 1. The predicted octanol–water partition coefficient (Wildman–Crippen LogP) is 1.87. The molecule has 1 atom stereocenters. The van der Waals surface area contributed by atoms with E-state index in [2.05, 4.69) is 19.2 Å². The number of rotatable bonds is 8. The highest BCUT2D eigenvalue weighted by Gasteiger charge is 2.30. The van der Waals surface area contributed by atoms with E-state index in [1.807, 2.05) is 0 Å². The number of nitro groups is 3. The molecule has 3 N–H and O–H groups in total. The molecule has 0 saturated heterocycles. The summed E-state index contributed by atoms with van der Waals surface area (Å²) in [6, 6.07) is 1.45. The van der Waals surface area contributed by atoms with Crippen molar-refractivity contribution in [1.29, 1.82) is 0 Å². The summed E-state index contributed by atoms with van der Waals surface area (Å²) < 4.78 is 0. The molecular weight excluding hydrogens is 340 g/mol. The Hall–Kier alpha value is -2.86. The lowest BCUT2D eigenvalue weighted by atomic mass is 10.2. The molecular formula is C13H20N4O8. The number of aromatic hydroxyl groups is 1. The molecule has 12 nitrogen and oxygen atoms in total. The Balaban J connectivity index is 0.000000547. The summed E-state index contributed by atoms with van der Waals surface area (Å²) in [7, 11) is 0. The molecule has 0 spiro atoms. The first-order valence-corrected chi connectivity index (χ1v) is 7.30. The van der Waals surface area contributed by atoms with Crippen molar-refractivity contribution in [3.63, 3.8) is 0 Å². The number of phenols is 1. The molecule has 0 amide bonds. The molecule has 0 aliphatic carbocycles. The summed E-state index contributed by atoms with van der Waals surface area (Å²) in [6.45, 7) is 5.27. The number of aliphatic hydroxyl groups excluding tert-OH is 1. The number of aliphatic hydroxyl groups is 1. The molecule has 12 heteroatoms. The summed E-state index contributed by atoms with van der Waals surface area (Å²) >= 11 is 0. The van der Waals surface area contributed by atoms with Gasteiger partial charge >= 0.3 is 11.4 Å². The van der Waals surface area contributed by atoms with Crippen LogP contribution in [0.5, 0.6) is 5.75 Å². The summed E-state index contributed by atoms with van der Waals surface area (Å²) in [5, 5.41) is 51.8. The maximum atomic E-state index is 10.4. The summed E-state index contributed by atoms with van der Waals surface area (Å²) in [6.07, 6.45) is 2.40. The maximum absolute atomic E-state index is 10.4. The lowest BCUT2D eigenvalue weighted by Crippen LogP contribution is -2.28. The Morgan fingerprint density at radius 3 is 1.88 bits per heavy atom. The van der Waals surface area contributed by atoms with Crippen LogP contribution in [0.3, 0.4) is 0 Å². The van der Waals surface area contributed by atoms with Gasteiger partial charge in [-0.2, -0.15) is 0 Å². The minimum atomic E-state index is -1.21. The Labute approximate surface area is 142 Å². The average Bonchev–Trinajstić information content (AvgIpc) is 2.53. The van der Waals surface area contributed by atoms with Gasteiger partial charge in [0.2, 0.25) is 0 Å². The molecule has 0 bridgehead atoms. The number of non-ortho nitro benzene ring substituents is 1. The van der Waals surface area contributed by atoms with Crippen LogP contribution in [0.1, 0.15) is 26.7 Å². The molecule has 1 unspecified atom stereocenters. The number of hydrogen-bond donors (Lipinski definition) is 3. The van der Waals surface area contributed by atoms with Crippen LogP contribution >= 0.6 is 0 Å². The number of hydrogen-bond acceptors (Lipinski definition) is 9. The summed E-state index contributed by atoms with van der Waals surface area (Å²) in [4.78, 5) is 27.8. The van der Waals surface area contributed by atoms with Crippen LogP contribution in [-0.2, 0) is 0 Å². The molecule has 1 rings (SSSR count). The van der Waals surface area contributed by atoms with Gasteiger partial charge in [-0.3, -0.25) is 30.3 Å². The van der Waals surface area contributed by atoms with Crippen LogP contribution in [0.2, 0.25) is 0 Å². The average molecular weight is 360 g/mol. The van der Waals surface area contributed by atoms with Crippen molar-refractivity contribution in [2.45, 2.75) is 32.7 Å². The highest BCUT2D eigenvalue weighted by molar-refractivity contribution is 5.64. The Morgan fingerprint density at radius 2 is 1.56 bits per heavy atom. The highest BCUT2D eigenvalue weighted by Crippen LogP contribution is 2.38. The molecule has 0 aliphatic heterocycles. The van der Waals surface area contributed by atoms with Gasteiger partial charge in [-0.15, -0.1) is 0 Å². The quantitative estimate of drug-likeness (QED) is 0.460. The highest BCUT2D eigenvalue weighted by atomic mass is 16.6. The van der Waals surface area contributed by atoms with Gasteiger partial charge < -0.3 is 15.5 Å². The smallest absolute Gasteiger partial charge is 0.324 e. The van der Waals surface area contributed by atoms with Crippen molar-refractivity contribution in [2.75, 3.05) is 13.2 Å². The van der Waals surface area contributed by atoms with Gasteiger partial charge in [0.25, 0.3) is 11.4 Å². The van der Waals surface area contributed by atoms with E-state index in [1.165, 1.54) is 12.8 Å². The van der Waals surface area contributed by atoms with Crippen molar-refractivity contribution in [1.82, 2.24) is 5.32 Å². The lowest BCUT2D eigenvalue weighted by Gasteiger charge is -2.10. The predicted molar refractivity (Wildman–Crippen MR) is 87.5 cm³/mol. The fourth-order valence-corrected chi connectivity index (χ4v) is 1.82. The van der Waals surface area contributed by atoms with Crippen LogP contribution in [-0.4, -0.2) is 44.2 Å². The van der Waals surface area contributed by atoms with Gasteiger partial charge in [-0.05, 0) is 13.3 Å². The molecule has 0 saturated carbocycles. The zero-order valence-electron chi connectivity index (χ0n) is 13.7. The first kappa shape index (κ1) is 22.1. The second-order valence-corrected chi connectivity index (χ2v) is 4.97. The molecule has 0 aromatic heterocycles. The number of nitrogens with one attached hydrogen (secondary N) is 1. The van der Waals surface area contributed by atoms with Gasteiger partial charge in [0.15, 0.2) is 0 Å². The molecule has 0 aliphatic rings. The van der Waals surface area contributed by atoms with Crippen molar-refractivity contribution in [3.8, 4) is 5.75 Å². The van der Waals surface area contributed by atoms with E-state index >= 15 is 0 Å². The number of nitro benzene ring substituents is 3. The van der Waals surface area contributed by atoms with E-state index in [0.717, 1.165) is 6.54 Å². The van der Waals surface area contributed by atoms with Crippen molar-refractivity contribution in [3.05, 3.63) is 42.5 Å². The van der Waals surface area contributed by atoms with E-state index in [4.69, 9.17) is 10.2 Å². The SMILES string of the molecule is CCCC(C)NCCO.O=[N+]([O-])c1cc([N+](=O)[O-])c(O)c([N+](=O)[O-])c1. The molecule has 140 valence electrons. The first-order chi connectivity index (χ1) is 11.6. The van der Waals surface area contributed by atoms with Crippen molar-refractivity contribution >= 4 is 17.1 Å². The molecule has 1 aromatic carbocycles. The fraction of sp³-hybridized carbons (Fsp3) is 0.538. The monoisotopic (exact) mass is 360 g/mol. The van der Waals surface area contributed by atoms with E-state index in [0.29, 0.717) is 18.2 Å². The van der Waals surface area contributed by atoms with E-state index in [9.17, 15) is 30.3 Å². The minimum Gasteiger partial charge on any atom is -0.497 e. The zero-order chi connectivity index (χ0) is 19.6. The van der Waals surface area contributed by atoms with Crippen molar-refractivity contribution < 1.29 is 25.0 Å². The second kappa shape index (κ2) is 10.8. The fourth-order valence-electron chi connectivity index (χ4n) is 1.82. The standard InChI is InChI=1S/C7H17NO.C6H3N3O7/c1-3-4-7(2)8-5-6-9;10-6-4(8(13)14)1-3(7(11)12)2-5(6)9(15)16/h7-9H,3-6H2,1-2H3;1-2,10H. The van der Waals surface area contributed by atoms with Crippen LogP contribution in [0.15, 0.2) is 12.1 Å². The van der Waals surface area contributed by atoms with Gasteiger partial charge in [0.05, 0.1) is 33.5 Å². The third-order valence-electron chi connectivity index (χ3n) is 2.98. The molecule has 25 heavy (non-hydrogen) atoms. The van der Waals surface area contributed by atoms with Gasteiger partial charge in [0, 0.05) is 12.6 Å². The van der Waals surface area contributed by atoms with Gasteiger partial charge in [-0.25, -0.2) is 0 Å². The first-order valence-electron chi connectivity index (χ1n) is 7.30. The topological polar surface area (TPSA) is 182 Å². The third-order valence-corrected chi connectivity index (χ3v) is 2.98. The van der Waals surface area contributed by atoms with Crippen LogP contribution in [0.25, 0.3) is 0 Å². The molecule has 0 heterocycles. The lowest BCUT2D eigenvalue weighted by molar-refractivity contribution is -0.404. The number of phenolic OH excluding ortho intramolecular Hbond substituents is 1. The summed E-state index contributed by atoms with van der Waals surface area (Å²) in [5.41, 5.74) is -3.00. The normalized spacial score (nSPS) is 11.2. The largest absolute Gasteiger partial charge is 0.497 e.